The highest BCUT2D eigenvalue weighted by atomic mass is 79.9. The van der Waals surface area contributed by atoms with Crippen LogP contribution in [0.1, 0.15) is 43.0 Å². The third kappa shape index (κ3) is 4.30. The molecule has 1 aliphatic heterocycles. The summed E-state index contributed by atoms with van der Waals surface area (Å²) in [6.07, 6.45) is 3.16. The number of hydrogen-bond acceptors (Lipinski definition) is 2. The van der Waals surface area contributed by atoms with Crippen molar-refractivity contribution in [3.63, 3.8) is 0 Å². The van der Waals surface area contributed by atoms with E-state index in [1.165, 1.54) is 0 Å². The second-order valence-corrected chi connectivity index (χ2v) is 6.21. The van der Waals surface area contributed by atoms with Gasteiger partial charge in [-0.15, -0.1) is 0 Å². The van der Waals surface area contributed by atoms with Gasteiger partial charge >= 0.3 is 0 Å². The van der Waals surface area contributed by atoms with Crippen LogP contribution in [-0.2, 0) is 4.79 Å². The van der Waals surface area contributed by atoms with Crippen LogP contribution >= 0.6 is 15.9 Å². The summed E-state index contributed by atoms with van der Waals surface area (Å²) in [5.74, 6) is 0.175. The van der Waals surface area contributed by atoms with Crippen LogP contribution in [0, 0.1) is 0 Å². The van der Waals surface area contributed by atoms with Gasteiger partial charge in [0.2, 0.25) is 5.91 Å². The van der Waals surface area contributed by atoms with Crippen molar-refractivity contribution in [2.24, 2.45) is 0 Å². The van der Waals surface area contributed by atoms with E-state index in [2.05, 4.69) is 21.2 Å². The van der Waals surface area contributed by atoms with Crippen LogP contribution in [0.4, 0.5) is 0 Å². The molecular formula is C16H21BrN2O2. The maximum absolute atomic E-state index is 12.2. The summed E-state index contributed by atoms with van der Waals surface area (Å²) < 4.78 is 0.804. The summed E-state index contributed by atoms with van der Waals surface area (Å²) in [5.41, 5.74) is 0.655. The SMILES string of the molecule is CCCC(=O)N1CCC(NC(=O)c2ccccc2Br)CC1. The molecule has 0 spiro atoms. The van der Waals surface area contributed by atoms with Crippen LogP contribution in [0.2, 0.25) is 0 Å². The van der Waals surface area contributed by atoms with E-state index in [1.54, 1.807) is 6.07 Å². The molecule has 21 heavy (non-hydrogen) atoms. The fourth-order valence-electron chi connectivity index (χ4n) is 2.55. The molecule has 1 N–H and O–H groups in total. The highest BCUT2D eigenvalue weighted by Crippen LogP contribution is 2.17. The third-order valence-corrected chi connectivity index (χ3v) is 4.46. The zero-order valence-electron chi connectivity index (χ0n) is 12.3. The number of benzene rings is 1. The smallest absolute Gasteiger partial charge is 0.252 e. The Morgan fingerprint density at radius 3 is 2.57 bits per heavy atom. The predicted molar refractivity (Wildman–Crippen MR) is 86.1 cm³/mol. The first-order valence-electron chi connectivity index (χ1n) is 7.45. The Balaban J connectivity index is 1.85. The average Bonchev–Trinajstić information content (AvgIpc) is 2.48. The van der Waals surface area contributed by atoms with Crippen LogP contribution in [-0.4, -0.2) is 35.8 Å². The standard InChI is InChI=1S/C16H21BrN2O2/c1-2-5-15(20)19-10-8-12(9-11-19)18-16(21)13-6-3-4-7-14(13)17/h3-4,6-7,12H,2,5,8-11H2,1H3,(H,18,21). The van der Waals surface area contributed by atoms with Crippen molar-refractivity contribution in [3.8, 4) is 0 Å². The lowest BCUT2D eigenvalue weighted by atomic mass is 10.0. The van der Waals surface area contributed by atoms with Gasteiger partial charge in [-0.1, -0.05) is 19.1 Å². The largest absolute Gasteiger partial charge is 0.349 e. The number of hydrogen-bond donors (Lipinski definition) is 1. The van der Waals surface area contributed by atoms with Crippen molar-refractivity contribution in [2.75, 3.05) is 13.1 Å². The first-order valence-corrected chi connectivity index (χ1v) is 8.24. The molecule has 1 saturated heterocycles. The Kier molecular flexibility index (Phi) is 5.79. The van der Waals surface area contributed by atoms with E-state index in [9.17, 15) is 9.59 Å². The molecule has 1 heterocycles. The van der Waals surface area contributed by atoms with Gasteiger partial charge in [0.25, 0.3) is 5.91 Å². The molecule has 5 heteroatoms. The van der Waals surface area contributed by atoms with E-state index in [1.807, 2.05) is 30.0 Å². The zero-order valence-corrected chi connectivity index (χ0v) is 13.9. The van der Waals surface area contributed by atoms with Gasteiger partial charge < -0.3 is 10.2 Å². The summed E-state index contributed by atoms with van der Waals surface area (Å²) in [7, 11) is 0. The van der Waals surface area contributed by atoms with Crippen LogP contribution in [0.15, 0.2) is 28.7 Å². The minimum atomic E-state index is -0.0548. The Morgan fingerprint density at radius 1 is 1.29 bits per heavy atom. The molecule has 4 nitrogen and oxygen atoms in total. The molecule has 1 aromatic carbocycles. The number of piperidine rings is 1. The molecule has 0 aliphatic carbocycles. The normalized spacial score (nSPS) is 15.8. The Morgan fingerprint density at radius 2 is 1.95 bits per heavy atom. The molecule has 1 fully saturated rings. The molecule has 0 aromatic heterocycles. The van der Waals surface area contributed by atoms with Gasteiger partial charge in [-0.2, -0.15) is 0 Å². The van der Waals surface area contributed by atoms with Crippen molar-refractivity contribution in [2.45, 2.75) is 38.6 Å². The van der Waals surface area contributed by atoms with Crippen molar-refractivity contribution < 1.29 is 9.59 Å². The lowest BCUT2D eigenvalue weighted by Crippen LogP contribution is -2.46. The third-order valence-electron chi connectivity index (χ3n) is 3.77. The summed E-state index contributed by atoms with van der Waals surface area (Å²) in [6, 6.07) is 7.56. The van der Waals surface area contributed by atoms with Crippen molar-refractivity contribution in [3.05, 3.63) is 34.3 Å². The number of nitrogens with one attached hydrogen (secondary N) is 1. The Hall–Kier alpha value is -1.36. The van der Waals surface area contributed by atoms with E-state index in [4.69, 9.17) is 0 Å². The van der Waals surface area contributed by atoms with Crippen LogP contribution in [0.3, 0.4) is 0 Å². The maximum Gasteiger partial charge on any atom is 0.252 e. The first kappa shape index (κ1) is 16.0. The number of amides is 2. The fourth-order valence-corrected chi connectivity index (χ4v) is 3.02. The van der Waals surface area contributed by atoms with Gasteiger partial charge in [-0.05, 0) is 47.3 Å². The molecule has 0 radical (unpaired) electrons. The topological polar surface area (TPSA) is 49.4 Å². The zero-order chi connectivity index (χ0) is 15.2. The molecule has 0 bridgehead atoms. The molecule has 1 aliphatic rings. The lowest BCUT2D eigenvalue weighted by molar-refractivity contribution is -0.132. The molecule has 2 rings (SSSR count). The highest BCUT2D eigenvalue weighted by Gasteiger charge is 2.23. The number of nitrogens with zero attached hydrogens (tertiary/aromatic N) is 1. The summed E-state index contributed by atoms with van der Waals surface area (Å²) in [5, 5.41) is 3.06. The monoisotopic (exact) mass is 352 g/mol. The van der Waals surface area contributed by atoms with Gasteiger partial charge in [-0.3, -0.25) is 9.59 Å². The quantitative estimate of drug-likeness (QED) is 0.905. The van der Waals surface area contributed by atoms with Crippen LogP contribution < -0.4 is 5.32 Å². The van der Waals surface area contributed by atoms with Crippen molar-refractivity contribution in [1.29, 1.82) is 0 Å². The number of rotatable bonds is 4. The Bertz CT molecular complexity index is 511. The second kappa shape index (κ2) is 7.59. The maximum atomic E-state index is 12.2. The van der Waals surface area contributed by atoms with Gasteiger partial charge in [0.1, 0.15) is 0 Å². The van der Waals surface area contributed by atoms with E-state index < -0.39 is 0 Å². The number of likely N-dealkylation sites (tertiary alicyclic amines) is 1. The summed E-state index contributed by atoms with van der Waals surface area (Å²) >= 11 is 3.39. The van der Waals surface area contributed by atoms with Crippen molar-refractivity contribution in [1.82, 2.24) is 10.2 Å². The Labute approximate surface area is 134 Å². The lowest BCUT2D eigenvalue weighted by Gasteiger charge is -2.32. The molecule has 1 aromatic rings. The van der Waals surface area contributed by atoms with Gasteiger partial charge in [0.05, 0.1) is 5.56 Å². The number of carbonyl (C=O) groups is 2. The van der Waals surface area contributed by atoms with E-state index in [0.29, 0.717) is 12.0 Å². The number of carbonyl (C=O) groups excluding carboxylic acids is 2. The minimum Gasteiger partial charge on any atom is -0.349 e. The molecule has 0 unspecified atom stereocenters. The molecule has 2 amide bonds. The van der Waals surface area contributed by atoms with E-state index in [-0.39, 0.29) is 17.9 Å². The summed E-state index contributed by atoms with van der Waals surface area (Å²) in [6.45, 7) is 3.49. The van der Waals surface area contributed by atoms with Crippen molar-refractivity contribution >= 4 is 27.7 Å². The molecule has 0 saturated carbocycles. The van der Waals surface area contributed by atoms with Crippen LogP contribution in [0.25, 0.3) is 0 Å². The number of halogens is 1. The van der Waals surface area contributed by atoms with E-state index >= 15 is 0 Å². The van der Waals surface area contributed by atoms with Gasteiger partial charge in [0.15, 0.2) is 0 Å². The summed E-state index contributed by atoms with van der Waals surface area (Å²) in [4.78, 5) is 26.0. The fraction of sp³-hybridized carbons (Fsp3) is 0.500. The molecule has 0 atom stereocenters. The first-order chi connectivity index (χ1) is 10.1. The van der Waals surface area contributed by atoms with E-state index in [0.717, 1.165) is 36.8 Å². The predicted octanol–water partition coefficient (Wildman–Crippen LogP) is 2.97. The molecule has 114 valence electrons. The molecular weight excluding hydrogens is 332 g/mol. The second-order valence-electron chi connectivity index (χ2n) is 5.36. The minimum absolute atomic E-state index is 0.0548. The van der Waals surface area contributed by atoms with Gasteiger partial charge in [0, 0.05) is 30.0 Å². The van der Waals surface area contributed by atoms with Crippen LogP contribution in [0.5, 0.6) is 0 Å². The average molecular weight is 353 g/mol. The van der Waals surface area contributed by atoms with Gasteiger partial charge in [-0.25, -0.2) is 0 Å². The highest BCUT2D eigenvalue weighted by molar-refractivity contribution is 9.10.